The van der Waals surface area contributed by atoms with Gasteiger partial charge in [0, 0.05) is 61.5 Å². The molecule has 0 amide bonds. The Balaban J connectivity index is 1.30. The maximum Gasteiger partial charge on any atom is 0.250 e. The van der Waals surface area contributed by atoms with Gasteiger partial charge in [-0.15, -0.1) is 0 Å². The molecule has 0 saturated carbocycles. The van der Waals surface area contributed by atoms with Crippen LogP contribution in [0.4, 0.5) is 5.82 Å². The first-order valence-corrected chi connectivity index (χ1v) is 11.0. The lowest BCUT2D eigenvalue weighted by molar-refractivity contribution is 0.312. The molecular weight excluding hydrogens is 418 g/mol. The second kappa shape index (κ2) is 8.67. The van der Waals surface area contributed by atoms with E-state index in [2.05, 4.69) is 47.8 Å². The Labute approximate surface area is 192 Å². The molecule has 1 saturated heterocycles. The van der Waals surface area contributed by atoms with E-state index in [0.717, 1.165) is 66.1 Å². The van der Waals surface area contributed by atoms with Crippen LogP contribution in [0.2, 0.25) is 0 Å². The fourth-order valence-corrected chi connectivity index (χ4v) is 4.09. The molecule has 0 aromatic carbocycles. The summed E-state index contributed by atoms with van der Waals surface area (Å²) >= 11 is 0. The largest absolute Gasteiger partial charge is 0.360 e. The van der Waals surface area contributed by atoms with Crippen molar-refractivity contribution in [2.45, 2.75) is 20.8 Å². The standard InChI is InChI=1S/C24H27N7O2/c1-16-13-19(18(3)31(16)22-14-17(2)32-27-22)6-8-23-26-24(28-33-23)20-5-7-21(25-15-20)30-11-9-29(4)10-12-30/h5-8,13-15H,9-12H2,1-4H3/b8-6+. The summed E-state index contributed by atoms with van der Waals surface area (Å²) in [5.74, 6) is 3.49. The number of hydrogen-bond donors (Lipinski definition) is 0. The molecule has 170 valence electrons. The van der Waals surface area contributed by atoms with Crippen molar-refractivity contribution < 1.29 is 9.05 Å². The Morgan fingerprint density at radius 2 is 1.73 bits per heavy atom. The number of hydrogen-bond acceptors (Lipinski definition) is 8. The molecule has 4 aromatic heterocycles. The topological polar surface area (TPSA) is 89.3 Å². The SMILES string of the molecule is Cc1cc(-n2c(C)cc(/C=C/c3nc(-c4ccc(N5CCN(C)CC5)nc4)no3)c2C)no1. The molecule has 0 atom stereocenters. The van der Waals surface area contributed by atoms with Crippen LogP contribution in [0.5, 0.6) is 0 Å². The molecule has 5 heterocycles. The van der Waals surface area contributed by atoms with Crippen LogP contribution in [0.3, 0.4) is 0 Å². The molecule has 4 aromatic rings. The fraction of sp³-hybridized carbons (Fsp3) is 0.333. The van der Waals surface area contributed by atoms with Crippen LogP contribution < -0.4 is 4.90 Å². The summed E-state index contributed by atoms with van der Waals surface area (Å²) < 4.78 is 12.7. The molecule has 0 bridgehead atoms. The zero-order chi connectivity index (χ0) is 22.9. The van der Waals surface area contributed by atoms with Gasteiger partial charge in [-0.1, -0.05) is 10.3 Å². The van der Waals surface area contributed by atoms with E-state index in [1.165, 1.54) is 0 Å². The van der Waals surface area contributed by atoms with Gasteiger partial charge < -0.3 is 18.8 Å². The normalized spacial score (nSPS) is 15.1. The molecule has 0 aliphatic carbocycles. The van der Waals surface area contributed by atoms with E-state index in [-0.39, 0.29) is 0 Å². The van der Waals surface area contributed by atoms with Gasteiger partial charge in [-0.05, 0) is 57.7 Å². The molecule has 1 fully saturated rings. The van der Waals surface area contributed by atoms with Crippen molar-refractivity contribution >= 4 is 18.0 Å². The Morgan fingerprint density at radius 3 is 2.42 bits per heavy atom. The van der Waals surface area contributed by atoms with Crippen LogP contribution in [-0.2, 0) is 0 Å². The van der Waals surface area contributed by atoms with Gasteiger partial charge in [0.2, 0.25) is 5.82 Å². The Hall–Kier alpha value is -3.72. The Morgan fingerprint density at radius 1 is 0.909 bits per heavy atom. The first-order chi connectivity index (χ1) is 16.0. The number of rotatable bonds is 5. The molecule has 33 heavy (non-hydrogen) atoms. The summed E-state index contributed by atoms with van der Waals surface area (Å²) in [7, 11) is 2.14. The van der Waals surface area contributed by atoms with Gasteiger partial charge in [0.05, 0.1) is 0 Å². The van der Waals surface area contributed by atoms with Crippen molar-refractivity contribution in [2.24, 2.45) is 0 Å². The molecule has 0 N–H and O–H groups in total. The first kappa shape index (κ1) is 21.1. The summed E-state index contributed by atoms with van der Waals surface area (Å²) in [5, 5.41) is 8.25. The van der Waals surface area contributed by atoms with Crippen molar-refractivity contribution in [2.75, 3.05) is 38.1 Å². The minimum absolute atomic E-state index is 0.440. The lowest BCUT2D eigenvalue weighted by Crippen LogP contribution is -2.44. The van der Waals surface area contributed by atoms with Gasteiger partial charge in [0.15, 0.2) is 5.82 Å². The van der Waals surface area contributed by atoms with Gasteiger partial charge in [0.1, 0.15) is 11.6 Å². The quantitative estimate of drug-likeness (QED) is 0.459. The zero-order valence-electron chi connectivity index (χ0n) is 19.3. The predicted molar refractivity (Wildman–Crippen MR) is 126 cm³/mol. The number of likely N-dealkylation sites (N-methyl/N-ethyl adjacent to an activating group) is 1. The molecule has 9 nitrogen and oxygen atoms in total. The molecule has 0 radical (unpaired) electrons. The monoisotopic (exact) mass is 445 g/mol. The van der Waals surface area contributed by atoms with Gasteiger partial charge in [0.25, 0.3) is 5.89 Å². The second-order valence-corrected chi connectivity index (χ2v) is 8.44. The summed E-state index contributed by atoms with van der Waals surface area (Å²) in [6.45, 7) is 10.0. The van der Waals surface area contributed by atoms with Crippen molar-refractivity contribution in [1.82, 2.24) is 29.7 Å². The molecule has 9 heteroatoms. The third kappa shape index (κ3) is 4.31. The van der Waals surface area contributed by atoms with E-state index in [1.54, 1.807) is 6.20 Å². The third-order valence-electron chi connectivity index (χ3n) is 6.00. The van der Waals surface area contributed by atoms with Crippen LogP contribution in [0.25, 0.3) is 29.4 Å². The summed E-state index contributed by atoms with van der Waals surface area (Å²) in [6, 6.07) is 8.02. The molecule has 5 rings (SSSR count). The van der Waals surface area contributed by atoms with Crippen molar-refractivity contribution in [3.05, 3.63) is 59.1 Å². The van der Waals surface area contributed by atoms with E-state index in [1.807, 2.05) is 51.1 Å². The van der Waals surface area contributed by atoms with Crippen LogP contribution in [-0.4, -0.2) is 63.0 Å². The van der Waals surface area contributed by atoms with E-state index < -0.39 is 0 Å². The maximum absolute atomic E-state index is 5.44. The maximum atomic E-state index is 5.44. The summed E-state index contributed by atoms with van der Waals surface area (Å²) in [5.41, 5.74) is 4.00. The number of aryl methyl sites for hydroxylation is 2. The Kier molecular flexibility index (Phi) is 5.55. The highest BCUT2D eigenvalue weighted by atomic mass is 16.5. The highest BCUT2D eigenvalue weighted by molar-refractivity contribution is 5.69. The van der Waals surface area contributed by atoms with Gasteiger partial charge >= 0.3 is 0 Å². The van der Waals surface area contributed by atoms with Gasteiger partial charge in [-0.25, -0.2) is 4.98 Å². The predicted octanol–water partition coefficient (Wildman–Crippen LogP) is 3.76. The van der Waals surface area contributed by atoms with Crippen LogP contribution >= 0.6 is 0 Å². The third-order valence-corrected chi connectivity index (χ3v) is 6.00. The number of piperazine rings is 1. The van der Waals surface area contributed by atoms with Crippen LogP contribution in [0, 0.1) is 20.8 Å². The summed E-state index contributed by atoms with van der Waals surface area (Å²) in [6.07, 6.45) is 5.60. The molecule has 0 unspecified atom stereocenters. The van der Waals surface area contributed by atoms with Crippen molar-refractivity contribution in [3.8, 4) is 17.2 Å². The number of nitrogens with zero attached hydrogens (tertiary/aromatic N) is 7. The molecule has 1 aliphatic rings. The molecule has 1 aliphatic heterocycles. The average Bonchev–Trinajstić information content (AvgIpc) is 3.52. The zero-order valence-corrected chi connectivity index (χ0v) is 19.3. The number of anilines is 1. The van der Waals surface area contributed by atoms with Crippen molar-refractivity contribution in [3.63, 3.8) is 0 Å². The van der Waals surface area contributed by atoms with E-state index in [4.69, 9.17) is 9.05 Å². The van der Waals surface area contributed by atoms with Gasteiger partial charge in [-0.2, -0.15) is 4.98 Å². The summed E-state index contributed by atoms with van der Waals surface area (Å²) in [4.78, 5) is 13.7. The number of pyridine rings is 1. The van der Waals surface area contributed by atoms with E-state index in [9.17, 15) is 0 Å². The lowest BCUT2D eigenvalue weighted by atomic mass is 10.2. The smallest absolute Gasteiger partial charge is 0.250 e. The minimum atomic E-state index is 0.440. The first-order valence-electron chi connectivity index (χ1n) is 11.0. The molecular formula is C24H27N7O2. The lowest BCUT2D eigenvalue weighted by Gasteiger charge is -2.33. The minimum Gasteiger partial charge on any atom is -0.360 e. The Bertz CT molecular complexity index is 1270. The highest BCUT2D eigenvalue weighted by Gasteiger charge is 2.16. The van der Waals surface area contributed by atoms with E-state index >= 15 is 0 Å². The van der Waals surface area contributed by atoms with Crippen LogP contribution in [0.15, 0.2) is 39.5 Å². The second-order valence-electron chi connectivity index (χ2n) is 8.44. The van der Waals surface area contributed by atoms with Crippen molar-refractivity contribution in [1.29, 1.82) is 0 Å². The van der Waals surface area contributed by atoms with Crippen LogP contribution in [0.1, 0.15) is 28.6 Å². The van der Waals surface area contributed by atoms with Gasteiger partial charge in [-0.3, -0.25) is 4.57 Å². The fourth-order valence-electron chi connectivity index (χ4n) is 4.09. The number of aromatic nitrogens is 5. The average molecular weight is 446 g/mol. The highest BCUT2D eigenvalue weighted by Crippen LogP contribution is 2.23. The molecule has 0 spiro atoms. The van der Waals surface area contributed by atoms with E-state index in [0.29, 0.717) is 11.7 Å².